The zero-order chi connectivity index (χ0) is 11.8. The maximum Gasteiger partial charge on any atom is 0.172 e. The Labute approximate surface area is 96.6 Å². The van der Waals surface area contributed by atoms with Crippen LogP contribution in [0.4, 0.5) is 8.78 Å². The number of ketones is 1. The number of halogens is 3. The highest BCUT2D eigenvalue weighted by Gasteiger charge is 2.02. The van der Waals surface area contributed by atoms with Crippen molar-refractivity contribution in [1.82, 2.24) is 0 Å². The molecule has 0 aliphatic carbocycles. The molecule has 0 aromatic heterocycles. The van der Waals surface area contributed by atoms with E-state index in [1.807, 2.05) is 13.8 Å². The molecule has 0 saturated heterocycles. The van der Waals surface area contributed by atoms with Gasteiger partial charge in [0.15, 0.2) is 11.6 Å². The fourth-order valence-electron chi connectivity index (χ4n) is 0.727. The van der Waals surface area contributed by atoms with Crippen LogP contribution < -0.4 is 0 Å². The third kappa shape index (κ3) is 5.62. The largest absolute Gasteiger partial charge is 0.300 e. The maximum atomic E-state index is 12.3. The number of benzene rings is 1. The highest BCUT2D eigenvalue weighted by atomic mass is 79.9. The minimum absolute atomic E-state index is 0.155. The first-order valence-electron chi connectivity index (χ1n) is 4.64. The van der Waals surface area contributed by atoms with E-state index in [1.165, 1.54) is 12.1 Å². The average Bonchev–Trinajstić information content (AvgIpc) is 2.25. The van der Waals surface area contributed by atoms with Gasteiger partial charge in [0.25, 0.3) is 0 Å². The van der Waals surface area contributed by atoms with E-state index in [4.69, 9.17) is 0 Å². The molecule has 0 N–H and O–H groups in total. The molecule has 0 aliphatic rings. The van der Waals surface area contributed by atoms with Crippen molar-refractivity contribution >= 4 is 21.7 Å². The fraction of sp³-hybridized carbons (Fsp3) is 0.364. The van der Waals surface area contributed by atoms with Crippen LogP contribution in [0.3, 0.4) is 0 Å². The molecule has 1 aromatic rings. The van der Waals surface area contributed by atoms with Crippen molar-refractivity contribution in [2.45, 2.75) is 26.7 Å². The van der Waals surface area contributed by atoms with Crippen LogP contribution >= 0.6 is 15.9 Å². The highest BCUT2D eigenvalue weighted by molar-refractivity contribution is 9.10. The first-order valence-corrected chi connectivity index (χ1v) is 5.43. The molecule has 84 valence electrons. The van der Waals surface area contributed by atoms with Crippen LogP contribution in [0.2, 0.25) is 0 Å². The molecule has 0 heterocycles. The summed E-state index contributed by atoms with van der Waals surface area (Å²) in [5, 5.41) is 0. The van der Waals surface area contributed by atoms with E-state index in [9.17, 15) is 13.6 Å². The number of carbonyl (C=O) groups excluding carboxylic acids is 1. The Morgan fingerprint density at radius 2 is 1.80 bits per heavy atom. The Morgan fingerprint density at radius 1 is 1.27 bits per heavy atom. The summed E-state index contributed by atoms with van der Waals surface area (Å²) in [7, 11) is 0. The Balaban J connectivity index is 0.000000288. The molecule has 15 heavy (non-hydrogen) atoms. The topological polar surface area (TPSA) is 17.1 Å². The summed E-state index contributed by atoms with van der Waals surface area (Å²) in [6, 6.07) is 3.95. The summed E-state index contributed by atoms with van der Waals surface area (Å²) < 4.78 is 24.6. The first kappa shape index (κ1) is 14.2. The molecule has 0 fully saturated rings. The van der Waals surface area contributed by atoms with Gasteiger partial charge in [0, 0.05) is 12.8 Å². The van der Waals surface area contributed by atoms with Gasteiger partial charge < -0.3 is 0 Å². The van der Waals surface area contributed by atoms with E-state index >= 15 is 0 Å². The Bertz CT molecular complexity index is 300. The average molecular weight is 279 g/mol. The molecular weight excluding hydrogens is 266 g/mol. The zero-order valence-corrected chi connectivity index (χ0v) is 10.3. The Morgan fingerprint density at radius 3 is 2.07 bits per heavy atom. The van der Waals surface area contributed by atoms with Crippen LogP contribution in [0.5, 0.6) is 0 Å². The standard InChI is InChI=1S/C6H3BrF2.C5H10O/c7-4-2-1-3-5(8)6(4)9;1-3-5(6)4-2/h1-3H;3-4H2,1-2H3. The molecule has 4 heteroatoms. The van der Waals surface area contributed by atoms with Crippen LogP contribution in [-0.2, 0) is 4.79 Å². The monoisotopic (exact) mass is 278 g/mol. The minimum Gasteiger partial charge on any atom is -0.300 e. The van der Waals surface area contributed by atoms with Crippen molar-refractivity contribution in [2.24, 2.45) is 0 Å². The second kappa shape index (κ2) is 7.51. The van der Waals surface area contributed by atoms with E-state index in [0.29, 0.717) is 18.6 Å². The minimum atomic E-state index is -0.836. The summed E-state index contributed by atoms with van der Waals surface area (Å²) in [5.74, 6) is -1.32. The molecule has 0 saturated carbocycles. The summed E-state index contributed by atoms with van der Waals surface area (Å²) in [6.45, 7) is 3.76. The number of hydrogen-bond acceptors (Lipinski definition) is 1. The van der Waals surface area contributed by atoms with Gasteiger partial charge in [-0.2, -0.15) is 0 Å². The van der Waals surface area contributed by atoms with Crippen LogP contribution in [0, 0.1) is 11.6 Å². The predicted molar refractivity (Wildman–Crippen MR) is 59.6 cm³/mol. The van der Waals surface area contributed by atoms with Gasteiger partial charge in [0.2, 0.25) is 0 Å². The van der Waals surface area contributed by atoms with Crippen LogP contribution in [-0.4, -0.2) is 5.78 Å². The lowest BCUT2D eigenvalue weighted by molar-refractivity contribution is -0.118. The molecular formula is C11H13BrF2O. The van der Waals surface area contributed by atoms with Crippen molar-refractivity contribution in [3.63, 3.8) is 0 Å². The van der Waals surface area contributed by atoms with Crippen molar-refractivity contribution in [3.8, 4) is 0 Å². The number of hydrogen-bond donors (Lipinski definition) is 0. The van der Waals surface area contributed by atoms with Gasteiger partial charge in [0.1, 0.15) is 5.78 Å². The predicted octanol–water partition coefficient (Wildman–Crippen LogP) is 4.10. The summed E-state index contributed by atoms with van der Waals surface area (Å²) >= 11 is 2.83. The Kier molecular flexibility index (Phi) is 7.13. The lowest BCUT2D eigenvalue weighted by atomic mass is 10.3. The second-order valence-electron chi connectivity index (χ2n) is 2.78. The summed E-state index contributed by atoms with van der Waals surface area (Å²) in [6.07, 6.45) is 1.38. The van der Waals surface area contributed by atoms with Crippen LogP contribution in [0.15, 0.2) is 22.7 Å². The third-order valence-corrected chi connectivity index (χ3v) is 2.31. The van der Waals surface area contributed by atoms with Crippen molar-refractivity contribution < 1.29 is 13.6 Å². The molecule has 0 bridgehead atoms. The lowest BCUT2D eigenvalue weighted by Crippen LogP contribution is -1.88. The van der Waals surface area contributed by atoms with Gasteiger partial charge in [-0.15, -0.1) is 0 Å². The summed E-state index contributed by atoms with van der Waals surface area (Å²) in [5.41, 5.74) is 0. The van der Waals surface area contributed by atoms with Gasteiger partial charge in [-0.05, 0) is 28.1 Å². The van der Waals surface area contributed by atoms with E-state index in [-0.39, 0.29) is 4.47 Å². The number of carbonyl (C=O) groups is 1. The SMILES string of the molecule is CCC(=O)CC.Fc1cccc(Br)c1F. The molecule has 0 unspecified atom stereocenters. The quantitative estimate of drug-likeness (QED) is 0.745. The molecule has 0 aliphatic heterocycles. The third-order valence-electron chi connectivity index (χ3n) is 1.69. The highest BCUT2D eigenvalue weighted by Crippen LogP contribution is 2.16. The van der Waals surface area contributed by atoms with E-state index in [1.54, 1.807) is 0 Å². The van der Waals surface area contributed by atoms with E-state index < -0.39 is 11.6 Å². The molecule has 0 spiro atoms. The molecule has 0 radical (unpaired) electrons. The molecule has 1 rings (SSSR count). The van der Waals surface area contributed by atoms with E-state index in [0.717, 1.165) is 6.07 Å². The van der Waals surface area contributed by atoms with Gasteiger partial charge in [-0.3, -0.25) is 4.79 Å². The smallest absolute Gasteiger partial charge is 0.172 e. The normalized spacial score (nSPS) is 9.13. The number of rotatable bonds is 2. The van der Waals surface area contributed by atoms with Crippen molar-refractivity contribution in [1.29, 1.82) is 0 Å². The van der Waals surface area contributed by atoms with E-state index in [2.05, 4.69) is 15.9 Å². The number of Topliss-reactive ketones (excluding diaryl/α,β-unsaturated/α-hetero) is 1. The van der Waals surface area contributed by atoms with Crippen molar-refractivity contribution in [2.75, 3.05) is 0 Å². The molecule has 1 nitrogen and oxygen atoms in total. The second-order valence-corrected chi connectivity index (χ2v) is 3.64. The molecule has 0 atom stereocenters. The van der Waals surface area contributed by atoms with Gasteiger partial charge in [-0.1, -0.05) is 19.9 Å². The van der Waals surface area contributed by atoms with Gasteiger partial charge in [-0.25, -0.2) is 8.78 Å². The first-order chi connectivity index (χ1) is 7.02. The lowest BCUT2D eigenvalue weighted by Gasteiger charge is -1.91. The molecule has 1 aromatic carbocycles. The summed E-state index contributed by atoms with van der Waals surface area (Å²) in [4.78, 5) is 10.2. The van der Waals surface area contributed by atoms with Crippen LogP contribution in [0.25, 0.3) is 0 Å². The van der Waals surface area contributed by atoms with Gasteiger partial charge in [0.05, 0.1) is 4.47 Å². The Hall–Kier alpha value is -0.770. The van der Waals surface area contributed by atoms with Crippen molar-refractivity contribution in [3.05, 3.63) is 34.3 Å². The van der Waals surface area contributed by atoms with Gasteiger partial charge >= 0.3 is 0 Å². The fourth-order valence-corrected chi connectivity index (χ4v) is 1.07. The maximum absolute atomic E-state index is 12.3. The van der Waals surface area contributed by atoms with Crippen LogP contribution in [0.1, 0.15) is 26.7 Å². The molecule has 0 amide bonds. The zero-order valence-electron chi connectivity index (χ0n) is 8.69.